The molecule has 0 saturated heterocycles. The van der Waals surface area contributed by atoms with Crippen molar-refractivity contribution in [1.29, 1.82) is 0 Å². The number of aliphatic carboxylic acids is 1. The van der Waals surface area contributed by atoms with Gasteiger partial charge >= 0.3 is 5.97 Å². The number of hydrogen-bond donors (Lipinski definition) is 1. The van der Waals surface area contributed by atoms with Gasteiger partial charge in [0.25, 0.3) is 0 Å². The van der Waals surface area contributed by atoms with Gasteiger partial charge in [-0.1, -0.05) is 62.5 Å². The first kappa shape index (κ1) is 20.8. The lowest BCUT2D eigenvalue weighted by atomic mass is 10.2. The maximum atomic E-state index is 10.8. The van der Waals surface area contributed by atoms with E-state index in [-0.39, 0.29) is 5.25 Å². The number of allylic oxidation sites excluding steroid dienone is 8. The number of hydrogen-bond acceptors (Lipinski definition) is 2. The summed E-state index contributed by atoms with van der Waals surface area (Å²) < 4.78 is 0. The molecule has 1 unspecified atom stereocenters. The van der Waals surface area contributed by atoms with Crippen molar-refractivity contribution in [2.75, 3.05) is 5.75 Å². The fraction of sp³-hybridized carbons (Fsp3) is 0.526. The van der Waals surface area contributed by atoms with Crippen molar-refractivity contribution in [2.24, 2.45) is 0 Å². The molecular formula is C19H30O2S. The Morgan fingerprint density at radius 3 is 1.86 bits per heavy atom. The average molecular weight is 323 g/mol. The second-order valence-corrected chi connectivity index (χ2v) is 6.21. The number of thioether (sulfide) groups is 1. The first-order chi connectivity index (χ1) is 10.7. The summed E-state index contributed by atoms with van der Waals surface area (Å²) >= 11 is 1.53. The molecule has 0 aliphatic carbocycles. The minimum atomic E-state index is -0.697. The molecule has 0 aromatic heterocycles. The van der Waals surface area contributed by atoms with E-state index in [2.05, 4.69) is 55.5 Å². The first-order valence-corrected chi connectivity index (χ1v) is 9.21. The van der Waals surface area contributed by atoms with Gasteiger partial charge in [0.05, 0.1) is 0 Å². The Balaban J connectivity index is 3.56. The predicted molar refractivity (Wildman–Crippen MR) is 99.5 cm³/mol. The highest BCUT2D eigenvalue weighted by atomic mass is 32.2. The Labute approximate surface area is 140 Å². The third kappa shape index (κ3) is 13.7. The Kier molecular flexibility index (Phi) is 15.3. The van der Waals surface area contributed by atoms with Gasteiger partial charge in [-0.2, -0.15) is 0 Å². The van der Waals surface area contributed by atoms with Crippen molar-refractivity contribution in [3.63, 3.8) is 0 Å². The van der Waals surface area contributed by atoms with Crippen molar-refractivity contribution < 1.29 is 9.90 Å². The maximum absolute atomic E-state index is 10.8. The molecule has 0 radical (unpaired) electrons. The summed E-state index contributed by atoms with van der Waals surface area (Å²) in [6, 6.07) is 0. The lowest BCUT2D eigenvalue weighted by Crippen LogP contribution is -2.15. The fourth-order valence-corrected chi connectivity index (χ4v) is 2.67. The normalized spacial score (nSPS) is 13.9. The molecule has 2 nitrogen and oxygen atoms in total. The van der Waals surface area contributed by atoms with E-state index < -0.39 is 5.97 Å². The van der Waals surface area contributed by atoms with Crippen molar-refractivity contribution >= 4 is 17.7 Å². The second kappa shape index (κ2) is 16.2. The van der Waals surface area contributed by atoms with Crippen LogP contribution in [-0.4, -0.2) is 22.1 Å². The van der Waals surface area contributed by atoms with Gasteiger partial charge in [-0.05, 0) is 44.3 Å². The zero-order valence-corrected chi connectivity index (χ0v) is 14.7. The topological polar surface area (TPSA) is 37.3 Å². The minimum absolute atomic E-state index is 0.257. The predicted octanol–water partition coefficient (Wildman–Crippen LogP) is 5.78. The van der Waals surface area contributed by atoms with Gasteiger partial charge < -0.3 is 5.11 Å². The smallest absolute Gasteiger partial charge is 0.316 e. The molecular weight excluding hydrogens is 292 g/mol. The number of carboxylic acids is 1. The molecule has 0 fully saturated rings. The molecule has 22 heavy (non-hydrogen) atoms. The molecule has 0 saturated carbocycles. The van der Waals surface area contributed by atoms with E-state index in [1.54, 1.807) is 0 Å². The van der Waals surface area contributed by atoms with Crippen LogP contribution >= 0.6 is 11.8 Å². The minimum Gasteiger partial charge on any atom is -0.480 e. The van der Waals surface area contributed by atoms with Crippen LogP contribution < -0.4 is 0 Å². The summed E-state index contributed by atoms with van der Waals surface area (Å²) in [6.45, 7) is 4.06. The van der Waals surface area contributed by atoms with Gasteiger partial charge in [0.15, 0.2) is 0 Å². The van der Waals surface area contributed by atoms with Gasteiger partial charge in [0.1, 0.15) is 5.25 Å². The molecule has 0 rings (SSSR count). The molecule has 1 atom stereocenters. The number of carboxylic acid groups (broad SMARTS) is 1. The lowest BCUT2D eigenvalue weighted by molar-refractivity contribution is -0.136. The summed E-state index contributed by atoms with van der Waals surface area (Å²) in [5, 5.41) is 8.66. The molecule has 0 aliphatic heterocycles. The number of rotatable bonds is 13. The van der Waals surface area contributed by atoms with E-state index >= 15 is 0 Å². The van der Waals surface area contributed by atoms with E-state index in [0.29, 0.717) is 6.42 Å². The first-order valence-electron chi connectivity index (χ1n) is 8.16. The molecule has 0 aliphatic rings. The van der Waals surface area contributed by atoms with Crippen LogP contribution in [0.5, 0.6) is 0 Å². The number of carbonyl (C=O) groups is 1. The third-order valence-corrected chi connectivity index (χ3v) is 4.38. The molecule has 0 aromatic rings. The average Bonchev–Trinajstić information content (AvgIpc) is 2.51. The van der Waals surface area contributed by atoms with Gasteiger partial charge in [0, 0.05) is 0 Å². The molecule has 0 spiro atoms. The van der Waals surface area contributed by atoms with Gasteiger partial charge in [0.2, 0.25) is 0 Å². The molecule has 0 heterocycles. The largest absolute Gasteiger partial charge is 0.480 e. The van der Waals surface area contributed by atoms with Crippen LogP contribution in [0.2, 0.25) is 0 Å². The Morgan fingerprint density at radius 1 is 0.909 bits per heavy atom. The molecule has 124 valence electrons. The Morgan fingerprint density at radius 2 is 1.41 bits per heavy atom. The van der Waals surface area contributed by atoms with E-state index in [9.17, 15) is 4.79 Å². The SMILES string of the molecule is CC/C=C\C/C=C\C/C=C\C/C=C\CCSC(CC)C(=O)O. The molecule has 3 heteroatoms. The summed E-state index contributed by atoms with van der Waals surface area (Å²) in [6.07, 6.45) is 23.1. The van der Waals surface area contributed by atoms with E-state index in [0.717, 1.165) is 37.9 Å². The zero-order chi connectivity index (χ0) is 16.5. The summed E-state index contributed by atoms with van der Waals surface area (Å²) in [5.41, 5.74) is 0. The van der Waals surface area contributed by atoms with Crippen LogP contribution in [0.25, 0.3) is 0 Å². The van der Waals surface area contributed by atoms with E-state index in [1.807, 2.05) is 6.92 Å². The van der Waals surface area contributed by atoms with Crippen LogP contribution in [0.3, 0.4) is 0 Å². The van der Waals surface area contributed by atoms with Crippen molar-refractivity contribution in [3.05, 3.63) is 48.6 Å². The van der Waals surface area contributed by atoms with Gasteiger partial charge in [-0.25, -0.2) is 0 Å². The third-order valence-electron chi connectivity index (χ3n) is 2.97. The van der Waals surface area contributed by atoms with Crippen molar-refractivity contribution in [2.45, 2.75) is 57.6 Å². The highest BCUT2D eigenvalue weighted by molar-refractivity contribution is 8.00. The van der Waals surface area contributed by atoms with Crippen LogP contribution in [0.1, 0.15) is 52.4 Å². The summed E-state index contributed by atoms with van der Waals surface area (Å²) in [4.78, 5) is 10.8. The van der Waals surface area contributed by atoms with Crippen LogP contribution in [0.15, 0.2) is 48.6 Å². The van der Waals surface area contributed by atoms with Crippen LogP contribution in [-0.2, 0) is 4.79 Å². The van der Waals surface area contributed by atoms with Gasteiger partial charge in [-0.3, -0.25) is 4.79 Å². The van der Waals surface area contributed by atoms with Gasteiger partial charge in [-0.15, -0.1) is 11.8 Å². The second-order valence-electron chi connectivity index (χ2n) is 4.90. The molecule has 0 bridgehead atoms. The molecule has 1 N–H and O–H groups in total. The van der Waals surface area contributed by atoms with Crippen LogP contribution in [0, 0.1) is 0 Å². The highest BCUT2D eigenvalue weighted by Gasteiger charge is 2.13. The monoisotopic (exact) mass is 322 g/mol. The zero-order valence-electron chi connectivity index (χ0n) is 13.9. The van der Waals surface area contributed by atoms with Crippen molar-refractivity contribution in [3.8, 4) is 0 Å². The Bertz CT molecular complexity index is 381. The standard InChI is InChI=1S/C19H30O2S/c1-3-5-6-7-8-9-10-11-12-13-14-15-16-17-22-18(4-2)19(20)21/h5-6,8-9,11-12,14-15,18H,3-4,7,10,13,16-17H2,1-2H3,(H,20,21)/b6-5-,9-8-,12-11-,15-14-. The molecule has 0 aromatic carbocycles. The van der Waals surface area contributed by atoms with Crippen molar-refractivity contribution in [1.82, 2.24) is 0 Å². The van der Waals surface area contributed by atoms with E-state index in [4.69, 9.17) is 5.11 Å². The van der Waals surface area contributed by atoms with Crippen LogP contribution in [0.4, 0.5) is 0 Å². The highest BCUT2D eigenvalue weighted by Crippen LogP contribution is 2.15. The van der Waals surface area contributed by atoms with E-state index in [1.165, 1.54) is 11.8 Å². The molecule has 0 amide bonds. The lowest BCUT2D eigenvalue weighted by Gasteiger charge is -2.07. The fourth-order valence-electron chi connectivity index (χ4n) is 1.74. The quantitative estimate of drug-likeness (QED) is 0.345. The summed E-state index contributed by atoms with van der Waals surface area (Å²) in [5.74, 6) is 0.177. The summed E-state index contributed by atoms with van der Waals surface area (Å²) in [7, 11) is 0. The Hall–Kier alpha value is -1.22. The maximum Gasteiger partial charge on any atom is 0.316 e.